The Kier molecular flexibility index (Phi) is 11.7. The number of fused-ring (bicyclic) bond motifs is 8. The molecule has 2 aromatic rings. The zero-order chi connectivity index (χ0) is 41.9. The molecule has 0 spiro atoms. The molecular formula is C46H66N4O7Si. The Labute approximate surface area is 346 Å². The van der Waals surface area contributed by atoms with Gasteiger partial charge in [-0.1, -0.05) is 59.6 Å². The Morgan fingerprint density at radius 2 is 1.74 bits per heavy atom. The number of hydrogen-bond donors (Lipinski definition) is 1. The number of nitrogens with zero attached hydrogens (tertiary/aromatic N) is 4. The minimum Gasteiger partial charge on any atom is -0.508 e. The van der Waals surface area contributed by atoms with E-state index in [4.69, 9.17) is 18.4 Å². The maximum absolute atomic E-state index is 15.7. The second-order valence-corrected chi connectivity index (χ2v) is 23.6. The summed E-state index contributed by atoms with van der Waals surface area (Å²) in [6.07, 6.45) is 9.11. The SMILES string of the molecule is C=CCN(CC=C)[C@@H]1c2onc(OCCCC)c2C(=O)[C@@]2(O[Si](C)(C)C(C)(C)C)C(O)=C3C(=O)c4c(OCCCC)cc5c(c4C[C@H]3C[C@@H]12)N(C)CC1CCN(C)C51. The molecule has 7 rings (SSSR count). The summed E-state index contributed by atoms with van der Waals surface area (Å²) in [6, 6.07) is 1.75. The highest BCUT2D eigenvalue weighted by molar-refractivity contribution is 6.74. The fourth-order valence-electron chi connectivity index (χ4n) is 10.3. The fourth-order valence-corrected chi connectivity index (χ4v) is 11.8. The molecule has 5 aliphatic rings. The van der Waals surface area contributed by atoms with Crippen LogP contribution in [-0.4, -0.2) is 99.0 Å². The van der Waals surface area contributed by atoms with Gasteiger partial charge in [0.1, 0.15) is 17.1 Å². The van der Waals surface area contributed by atoms with Gasteiger partial charge in [-0.2, -0.15) is 0 Å². The van der Waals surface area contributed by atoms with Crippen LogP contribution >= 0.6 is 0 Å². The van der Waals surface area contributed by atoms with E-state index in [2.05, 4.69) is 101 Å². The predicted molar refractivity (Wildman–Crippen MR) is 230 cm³/mol. The first-order valence-corrected chi connectivity index (χ1v) is 24.5. The van der Waals surface area contributed by atoms with E-state index in [0.717, 1.165) is 56.4 Å². The lowest BCUT2D eigenvalue weighted by molar-refractivity contribution is -0.0524. The summed E-state index contributed by atoms with van der Waals surface area (Å²) < 4.78 is 26.4. The van der Waals surface area contributed by atoms with E-state index in [-0.39, 0.29) is 39.6 Å². The average Bonchev–Trinajstić information content (AvgIpc) is 3.75. The molecule has 0 saturated carbocycles. The molecule has 1 aromatic carbocycles. The van der Waals surface area contributed by atoms with E-state index in [1.54, 1.807) is 0 Å². The van der Waals surface area contributed by atoms with Crippen molar-refractivity contribution in [3.63, 3.8) is 0 Å². The van der Waals surface area contributed by atoms with Crippen molar-refractivity contribution in [2.24, 2.45) is 17.8 Å². The smallest absolute Gasteiger partial charge is 0.265 e. The number of anilines is 1. The second-order valence-electron chi connectivity index (χ2n) is 18.9. The lowest BCUT2D eigenvalue weighted by Gasteiger charge is -2.55. The van der Waals surface area contributed by atoms with Crippen molar-refractivity contribution in [1.29, 1.82) is 0 Å². The molecule has 11 nitrogen and oxygen atoms in total. The van der Waals surface area contributed by atoms with Gasteiger partial charge < -0.3 is 28.4 Å². The van der Waals surface area contributed by atoms with Gasteiger partial charge in [-0.05, 0) is 98.0 Å². The lowest BCUT2D eigenvalue weighted by atomic mass is 9.58. The summed E-state index contributed by atoms with van der Waals surface area (Å²) in [4.78, 5) is 38.2. The highest BCUT2D eigenvalue weighted by Crippen LogP contribution is 2.61. The van der Waals surface area contributed by atoms with Gasteiger partial charge in [0.2, 0.25) is 5.78 Å². The van der Waals surface area contributed by atoms with Crippen LogP contribution in [0, 0.1) is 17.8 Å². The maximum Gasteiger partial charge on any atom is 0.265 e. The molecule has 1 saturated heterocycles. The Morgan fingerprint density at radius 3 is 2.38 bits per heavy atom. The molecule has 1 aromatic heterocycles. The molecule has 1 N–H and O–H groups in total. The number of carbonyl (C=O) groups is 2. The number of aliphatic hydroxyl groups excluding tert-OH is 1. The van der Waals surface area contributed by atoms with E-state index in [0.29, 0.717) is 62.1 Å². The number of ketones is 2. The molecule has 3 heterocycles. The number of benzene rings is 1. The third-order valence-corrected chi connectivity index (χ3v) is 18.6. The minimum atomic E-state index is -2.89. The van der Waals surface area contributed by atoms with Crippen LogP contribution in [0.15, 0.2) is 47.2 Å². The van der Waals surface area contributed by atoms with Crippen LogP contribution in [0.1, 0.15) is 123 Å². The Morgan fingerprint density at radius 1 is 1.07 bits per heavy atom. The first-order valence-electron chi connectivity index (χ1n) is 21.6. The zero-order valence-electron chi connectivity index (χ0n) is 36.4. The highest BCUT2D eigenvalue weighted by Gasteiger charge is 2.67. The van der Waals surface area contributed by atoms with Gasteiger partial charge >= 0.3 is 0 Å². The molecule has 0 bridgehead atoms. The average molecular weight is 815 g/mol. The van der Waals surface area contributed by atoms with Crippen molar-refractivity contribution in [2.45, 2.75) is 115 Å². The number of likely N-dealkylation sites (tertiary alicyclic amines) is 1. The first-order chi connectivity index (χ1) is 27.6. The van der Waals surface area contributed by atoms with Crippen molar-refractivity contribution >= 4 is 25.6 Å². The number of ether oxygens (including phenoxy) is 2. The monoisotopic (exact) mass is 814 g/mol. The number of allylic oxidation sites excluding steroid dienone is 1. The second kappa shape index (κ2) is 16.0. The highest BCUT2D eigenvalue weighted by atomic mass is 28.4. The van der Waals surface area contributed by atoms with Crippen LogP contribution in [-0.2, 0) is 10.8 Å². The minimum absolute atomic E-state index is 0.0870. The quantitative estimate of drug-likeness (QED) is 0.105. The van der Waals surface area contributed by atoms with Crippen molar-refractivity contribution in [1.82, 2.24) is 15.0 Å². The first kappa shape index (κ1) is 42.4. The third kappa shape index (κ3) is 6.70. The molecule has 6 atom stereocenters. The predicted octanol–water partition coefficient (Wildman–Crippen LogP) is 9.03. The van der Waals surface area contributed by atoms with Gasteiger partial charge in [-0.3, -0.25) is 19.4 Å². The molecule has 1 fully saturated rings. The summed E-state index contributed by atoms with van der Waals surface area (Å²) in [5.41, 5.74) is 2.26. The third-order valence-electron chi connectivity index (χ3n) is 14.1. The number of rotatable bonds is 15. The Hall–Kier alpha value is -3.71. The van der Waals surface area contributed by atoms with E-state index in [9.17, 15) is 5.11 Å². The Balaban J connectivity index is 1.50. The van der Waals surface area contributed by atoms with Gasteiger partial charge in [0.25, 0.3) is 5.88 Å². The van der Waals surface area contributed by atoms with Crippen molar-refractivity contribution in [3.05, 3.63) is 70.7 Å². The van der Waals surface area contributed by atoms with Crippen LogP contribution in [0.3, 0.4) is 0 Å². The van der Waals surface area contributed by atoms with Crippen LogP contribution in [0.4, 0.5) is 5.69 Å². The topological polar surface area (TPSA) is 118 Å². The summed E-state index contributed by atoms with van der Waals surface area (Å²) >= 11 is 0. The molecule has 0 amide bonds. The van der Waals surface area contributed by atoms with Crippen molar-refractivity contribution in [2.75, 3.05) is 58.4 Å². The van der Waals surface area contributed by atoms with Crippen LogP contribution < -0.4 is 14.4 Å². The molecule has 316 valence electrons. The van der Waals surface area contributed by atoms with Crippen LogP contribution in [0.2, 0.25) is 18.1 Å². The molecule has 0 radical (unpaired) electrons. The van der Waals surface area contributed by atoms with Crippen LogP contribution in [0.25, 0.3) is 0 Å². The van der Waals surface area contributed by atoms with Crippen LogP contribution in [0.5, 0.6) is 11.6 Å². The molecule has 12 heteroatoms. The van der Waals surface area contributed by atoms with Gasteiger partial charge in [0, 0.05) is 49.9 Å². The molecular weight excluding hydrogens is 749 g/mol. The van der Waals surface area contributed by atoms with E-state index < -0.39 is 37.6 Å². The number of unbranched alkanes of at least 4 members (excludes halogenated alkanes) is 2. The van der Waals surface area contributed by atoms with Gasteiger partial charge in [0.15, 0.2) is 25.5 Å². The Bertz CT molecular complexity index is 1970. The standard InChI is InChI=1S/C46H66N4O7Si/c1-12-16-22-54-33-26-31-37-28(18-21-48(37)8)27-49(9)38(31)30-24-29-25-32-39(50(19-14-3)20-15-4)41-36(44(47-56-41)55-23-17-13-2)43(53)46(32,57-58(10,11)45(5,6)7)42(52)34(29)40(51)35(30)33/h14-15,26,28-29,32,37,39,52H,3-4,12-13,16-25,27H2,1-2,5-11H3/t28?,29-,32-,37?,39-,46-/m0/s1. The van der Waals surface area contributed by atoms with Gasteiger partial charge in [-0.25, -0.2) is 0 Å². The molecule has 58 heavy (non-hydrogen) atoms. The van der Waals surface area contributed by atoms with E-state index in [1.807, 2.05) is 12.2 Å². The fraction of sp³-hybridized carbons (Fsp3) is 0.630. The molecule has 2 unspecified atom stereocenters. The largest absolute Gasteiger partial charge is 0.508 e. The number of carbonyl (C=O) groups excluding carboxylic acids is 2. The molecule has 3 aliphatic carbocycles. The number of hydrogen-bond acceptors (Lipinski definition) is 11. The van der Waals surface area contributed by atoms with Crippen molar-refractivity contribution in [3.8, 4) is 11.6 Å². The van der Waals surface area contributed by atoms with E-state index in [1.165, 1.54) is 5.56 Å². The van der Waals surface area contributed by atoms with E-state index >= 15 is 9.59 Å². The number of Topliss-reactive ketones (excluding diaryl/α,β-unsaturated/α-hetero) is 2. The summed E-state index contributed by atoms with van der Waals surface area (Å²) in [5, 5.41) is 17.3. The molecule has 2 aliphatic heterocycles. The maximum atomic E-state index is 15.7. The zero-order valence-corrected chi connectivity index (χ0v) is 37.4. The number of aromatic nitrogens is 1. The summed E-state index contributed by atoms with van der Waals surface area (Å²) in [7, 11) is 1.45. The van der Waals surface area contributed by atoms with Gasteiger partial charge in [-0.15, -0.1) is 13.2 Å². The summed E-state index contributed by atoms with van der Waals surface area (Å²) in [5.74, 6) is -0.602. The lowest BCUT2D eigenvalue weighted by Crippen LogP contribution is -2.65. The van der Waals surface area contributed by atoms with Gasteiger partial charge in [0.05, 0.1) is 24.8 Å². The summed E-state index contributed by atoms with van der Waals surface area (Å²) in [6.45, 7) is 26.5. The van der Waals surface area contributed by atoms with Crippen molar-refractivity contribution < 1.29 is 33.1 Å². The normalized spacial score (nSPS) is 26.8. The number of aliphatic hydroxyl groups is 1.